The van der Waals surface area contributed by atoms with Gasteiger partial charge in [-0.25, -0.2) is 0 Å². The van der Waals surface area contributed by atoms with E-state index in [0.29, 0.717) is 6.04 Å². The van der Waals surface area contributed by atoms with Crippen LogP contribution in [0.4, 0.5) is 0 Å². The molecule has 1 aliphatic heterocycles. The topological polar surface area (TPSA) is 47.1 Å². The van der Waals surface area contributed by atoms with E-state index in [1.165, 1.54) is 5.56 Å². The lowest BCUT2D eigenvalue weighted by Crippen LogP contribution is -2.38. The summed E-state index contributed by atoms with van der Waals surface area (Å²) in [5.41, 5.74) is 8.90. The van der Waals surface area contributed by atoms with Gasteiger partial charge in [0.2, 0.25) is 0 Å². The van der Waals surface area contributed by atoms with Crippen LogP contribution in [0.3, 0.4) is 0 Å². The van der Waals surface area contributed by atoms with Crippen molar-refractivity contribution in [2.45, 2.75) is 25.4 Å². The van der Waals surface area contributed by atoms with E-state index in [0.717, 1.165) is 25.1 Å². The second-order valence-electron chi connectivity index (χ2n) is 5.27. The molecule has 0 fully saturated rings. The third kappa shape index (κ3) is 2.45. The minimum atomic E-state index is 0.0383. The van der Waals surface area contributed by atoms with Crippen LogP contribution in [0.25, 0.3) is 0 Å². The fourth-order valence-corrected chi connectivity index (χ4v) is 3.76. The monoisotopic (exact) mass is 276 g/mol. The normalized spacial score (nSPS) is 21.3. The molecule has 4 nitrogen and oxygen atoms in total. The lowest BCUT2D eigenvalue weighted by molar-refractivity contribution is 0.188. The van der Waals surface area contributed by atoms with E-state index in [-0.39, 0.29) is 6.04 Å². The summed E-state index contributed by atoms with van der Waals surface area (Å²) in [5, 5.41) is 6.40. The Morgan fingerprint density at radius 2 is 2.42 bits per heavy atom. The van der Waals surface area contributed by atoms with Crippen LogP contribution in [0.2, 0.25) is 0 Å². The van der Waals surface area contributed by atoms with Gasteiger partial charge in [-0.15, -0.1) is 11.3 Å². The molecule has 2 aromatic rings. The first-order valence-electron chi connectivity index (χ1n) is 6.69. The van der Waals surface area contributed by atoms with Crippen molar-refractivity contribution < 1.29 is 0 Å². The number of fused-ring (bicyclic) bond motifs is 1. The van der Waals surface area contributed by atoms with Crippen LogP contribution in [0.15, 0.2) is 23.8 Å². The molecule has 0 amide bonds. The summed E-state index contributed by atoms with van der Waals surface area (Å²) in [6, 6.07) is 2.76. The summed E-state index contributed by atoms with van der Waals surface area (Å²) < 4.78 is 1.81. The Labute approximate surface area is 117 Å². The lowest BCUT2D eigenvalue weighted by Gasteiger charge is -2.35. The van der Waals surface area contributed by atoms with Crippen molar-refractivity contribution in [3.63, 3.8) is 0 Å². The molecule has 2 atom stereocenters. The molecule has 102 valence electrons. The third-order valence-electron chi connectivity index (χ3n) is 3.99. The average Bonchev–Trinajstić information content (AvgIpc) is 3.01. The van der Waals surface area contributed by atoms with Crippen LogP contribution in [0.5, 0.6) is 0 Å². The number of hydrogen-bond acceptors (Lipinski definition) is 4. The Morgan fingerprint density at radius 1 is 1.58 bits per heavy atom. The lowest BCUT2D eigenvalue weighted by atomic mass is 10.00. The van der Waals surface area contributed by atoms with Crippen molar-refractivity contribution >= 4 is 11.3 Å². The van der Waals surface area contributed by atoms with Crippen LogP contribution < -0.4 is 5.73 Å². The molecule has 2 aromatic heterocycles. The maximum atomic E-state index is 6.30. The molecule has 3 rings (SSSR count). The Balaban J connectivity index is 1.71. The van der Waals surface area contributed by atoms with E-state index in [1.807, 2.05) is 35.5 Å². The molecular formula is C14H20N4S. The minimum Gasteiger partial charge on any atom is -0.323 e. The van der Waals surface area contributed by atoms with Gasteiger partial charge in [0.25, 0.3) is 0 Å². The molecule has 2 N–H and O–H groups in total. The first-order valence-corrected chi connectivity index (χ1v) is 7.57. The van der Waals surface area contributed by atoms with Gasteiger partial charge in [0.1, 0.15) is 0 Å². The first-order chi connectivity index (χ1) is 9.15. The first kappa shape index (κ1) is 12.8. The van der Waals surface area contributed by atoms with Gasteiger partial charge in [-0.3, -0.25) is 9.58 Å². The number of thiophene rings is 1. The van der Waals surface area contributed by atoms with Crippen molar-refractivity contribution in [2.75, 3.05) is 13.1 Å². The molecule has 0 aromatic carbocycles. The van der Waals surface area contributed by atoms with Crippen molar-refractivity contribution in [1.29, 1.82) is 0 Å². The van der Waals surface area contributed by atoms with Gasteiger partial charge in [-0.2, -0.15) is 5.10 Å². The molecule has 2 unspecified atom stereocenters. The second-order valence-corrected chi connectivity index (χ2v) is 6.27. The number of nitrogens with zero attached hydrogens (tertiary/aromatic N) is 3. The average molecular weight is 276 g/mol. The molecule has 1 aliphatic rings. The van der Waals surface area contributed by atoms with E-state index in [2.05, 4.69) is 28.4 Å². The highest BCUT2D eigenvalue weighted by Crippen LogP contribution is 2.33. The maximum absolute atomic E-state index is 6.30. The summed E-state index contributed by atoms with van der Waals surface area (Å²) in [5.74, 6) is 0. The quantitative estimate of drug-likeness (QED) is 0.934. The standard InChI is InChI=1S/C14H20N4S/c1-10-12-4-6-19-14(12)3-5-18(10)9-13(15)11-7-16-17(2)8-11/h4,6-8,10,13H,3,5,9,15H2,1-2H3. The maximum Gasteiger partial charge on any atom is 0.0537 e. The van der Waals surface area contributed by atoms with E-state index in [9.17, 15) is 0 Å². The van der Waals surface area contributed by atoms with Crippen LogP contribution >= 0.6 is 11.3 Å². The molecule has 0 spiro atoms. The molecule has 5 heteroatoms. The van der Waals surface area contributed by atoms with Gasteiger partial charge in [0.15, 0.2) is 0 Å². The van der Waals surface area contributed by atoms with E-state index in [4.69, 9.17) is 5.73 Å². The van der Waals surface area contributed by atoms with Crippen LogP contribution in [-0.4, -0.2) is 27.8 Å². The molecule has 3 heterocycles. The van der Waals surface area contributed by atoms with Gasteiger partial charge in [-0.1, -0.05) is 0 Å². The Morgan fingerprint density at radius 3 is 3.16 bits per heavy atom. The van der Waals surface area contributed by atoms with E-state index in [1.54, 1.807) is 4.88 Å². The van der Waals surface area contributed by atoms with Crippen molar-refractivity contribution in [3.05, 3.63) is 39.8 Å². The third-order valence-corrected chi connectivity index (χ3v) is 4.98. The Bertz CT molecular complexity index is 559. The van der Waals surface area contributed by atoms with Crippen molar-refractivity contribution in [3.8, 4) is 0 Å². The van der Waals surface area contributed by atoms with Gasteiger partial charge < -0.3 is 5.73 Å². The van der Waals surface area contributed by atoms with Crippen LogP contribution in [0.1, 0.15) is 35.0 Å². The van der Waals surface area contributed by atoms with E-state index >= 15 is 0 Å². The summed E-state index contributed by atoms with van der Waals surface area (Å²) in [7, 11) is 1.93. The number of nitrogens with two attached hydrogens (primary N) is 1. The van der Waals surface area contributed by atoms with Crippen molar-refractivity contribution in [1.82, 2.24) is 14.7 Å². The molecular weight excluding hydrogens is 256 g/mol. The molecule has 0 saturated carbocycles. The highest BCUT2D eigenvalue weighted by atomic mass is 32.1. The molecule has 0 bridgehead atoms. The summed E-state index contributed by atoms with van der Waals surface area (Å²) >= 11 is 1.88. The van der Waals surface area contributed by atoms with Crippen LogP contribution in [0, 0.1) is 0 Å². The molecule has 0 radical (unpaired) electrons. The van der Waals surface area contributed by atoms with Gasteiger partial charge in [-0.05, 0) is 30.4 Å². The number of aryl methyl sites for hydroxylation is 1. The van der Waals surface area contributed by atoms with Gasteiger partial charge in [0.05, 0.1) is 6.20 Å². The molecule has 0 aliphatic carbocycles. The SMILES string of the molecule is CC1c2ccsc2CCN1CC(N)c1cnn(C)c1. The predicted molar refractivity (Wildman–Crippen MR) is 78.1 cm³/mol. The molecule has 19 heavy (non-hydrogen) atoms. The zero-order valence-corrected chi connectivity index (χ0v) is 12.2. The zero-order valence-electron chi connectivity index (χ0n) is 11.4. The van der Waals surface area contributed by atoms with Gasteiger partial charge >= 0.3 is 0 Å². The fraction of sp³-hybridized carbons (Fsp3) is 0.500. The van der Waals surface area contributed by atoms with Gasteiger partial charge in [0, 0.05) is 48.9 Å². The van der Waals surface area contributed by atoms with Crippen LogP contribution in [-0.2, 0) is 13.5 Å². The highest BCUT2D eigenvalue weighted by Gasteiger charge is 2.26. The summed E-state index contributed by atoms with van der Waals surface area (Å²) in [6.45, 7) is 4.27. The Kier molecular flexibility index (Phi) is 3.43. The number of hydrogen-bond donors (Lipinski definition) is 1. The Hall–Kier alpha value is -1.17. The van der Waals surface area contributed by atoms with Crippen molar-refractivity contribution in [2.24, 2.45) is 12.8 Å². The summed E-state index contributed by atoms with van der Waals surface area (Å²) in [6.07, 6.45) is 5.03. The largest absolute Gasteiger partial charge is 0.323 e. The predicted octanol–water partition coefficient (Wildman–Crippen LogP) is 2.10. The molecule has 0 saturated heterocycles. The second kappa shape index (κ2) is 5.07. The minimum absolute atomic E-state index is 0.0383. The number of aromatic nitrogens is 2. The smallest absolute Gasteiger partial charge is 0.0537 e. The van der Waals surface area contributed by atoms with E-state index < -0.39 is 0 Å². The highest BCUT2D eigenvalue weighted by molar-refractivity contribution is 7.10. The summed E-state index contributed by atoms with van der Waals surface area (Å²) in [4.78, 5) is 4.02. The number of rotatable bonds is 3. The zero-order chi connectivity index (χ0) is 13.4. The fourth-order valence-electron chi connectivity index (χ4n) is 2.80.